The molecule has 1 saturated heterocycles. The normalized spacial score (nSPS) is 18.0. The van der Waals surface area contributed by atoms with E-state index in [9.17, 15) is 0 Å². The van der Waals surface area contributed by atoms with E-state index in [0.29, 0.717) is 6.01 Å². The van der Waals surface area contributed by atoms with Crippen molar-refractivity contribution in [1.82, 2.24) is 29.7 Å². The third-order valence-electron chi connectivity index (χ3n) is 6.79. The summed E-state index contributed by atoms with van der Waals surface area (Å²) in [7, 11) is 0. The first kappa shape index (κ1) is 24.1. The van der Waals surface area contributed by atoms with Gasteiger partial charge in [0.15, 0.2) is 5.13 Å². The van der Waals surface area contributed by atoms with Crippen LogP contribution in [-0.4, -0.2) is 68.6 Å². The van der Waals surface area contributed by atoms with Crippen LogP contribution in [0.15, 0.2) is 30.6 Å². The Kier molecular flexibility index (Phi) is 7.85. The highest BCUT2D eigenvalue weighted by Gasteiger charge is 2.18. The second-order valence-electron chi connectivity index (χ2n) is 9.47. The number of nitrogens with one attached hydrogen (secondary N) is 1. The molecule has 0 atom stereocenters. The molecular formula is C26H35N7OS. The molecule has 8 nitrogen and oxygen atoms in total. The van der Waals surface area contributed by atoms with E-state index in [-0.39, 0.29) is 6.10 Å². The van der Waals surface area contributed by atoms with Gasteiger partial charge in [-0.2, -0.15) is 4.98 Å². The van der Waals surface area contributed by atoms with Gasteiger partial charge in [0, 0.05) is 50.8 Å². The molecule has 4 heterocycles. The van der Waals surface area contributed by atoms with Crippen LogP contribution in [-0.2, 0) is 6.54 Å². The second kappa shape index (κ2) is 11.4. The van der Waals surface area contributed by atoms with Gasteiger partial charge in [0.2, 0.25) is 0 Å². The third kappa shape index (κ3) is 6.54. The molecule has 0 unspecified atom stereocenters. The number of pyridine rings is 1. The summed E-state index contributed by atoms with van der Waals surface area (Å²) in [6.45, 7) is 10.8. The van der Waals surface area contributed by atoms with E-state index >= 15 is 0 Å². The van der Waals surface area contributed by atoms with E-state index < -0.39 is 0 Å². The first-order chi connectivity index (χ1) is 17.1. The number of piperazine rings is 1. The Bertz CT molecular complexity index is 1110. The number of aryl methyl sites for hydroxylation is 1. The molecular weight excluding hydrogens is 458 g/mol. The van der Waals surface area contributed by atoms with Crippen LogP contribution in [0.5, 0.6) is 6.01 Å². The van der Waals surface area contributed by atoms with Crippen LogP contribution in [0.2, 0.25) is 0 Å². The number of thiazole rings is 1. The van der Waals surface area contributed by atoms with Gasteiger partial charge < -0.3 is 15.0 Å². The number of hydrogen-bond acceptors (Lipinski definition) is 9. The summed E-state index contributed by atoms with van der Waals surface area (Å²) in [4.78, 5) is 24.3. The topological polar surface area (TPSA) is 79.3 Å². The minimum absolute atomic E-state index is 0.228. The molecule has 3 aromatic rings. The zero-order chi connectivity index (χ0) is 24.0. The molecule has 0 aromatic carbocycles. The first-order valence-corrected chi connectivity index (χ1v) is 13.6. The number of aromatic nitrogens is 4. The molecule has 0 radical (unpaired) electrons. The van der Waals surface area contributed by atoms with E-state index in [1.165, 1.54) is 24.8 Å². The molecule has 0 bridgehead atoms. The predicted octanol–water partition coefficient (Wildman–Crippen LogP) is 4.90. The molecule has 1 N–H and O–H groups in total. The molecule has 3 aromatic heterocycles. The van der Waals surface area contributed by atoms with E-state index in [0.717, 1.165) is 79.3 Å². The van der Waals surface area contributed by atoms with Gasteiger partial charge >= 0.3 is 6.01 Å². The Labute approximate surface area is 211 Å². The molecule has 1 aliphatic heterocycles. The molecule has 0 amide bonds. The summed E-state index contributed by atoms with van der Waals surface area (Å²) >= 11 is 1.56. The highest BCUT2D eigenvalue weighted by Crippen LogP contribution is 2.31. The Balaban J connectivity index is 1.23. The number of anilines is 2. The van der Waals surface area contributed by atoms with Gasteiger partial charge in [-0.05, 0) is 62.9 Å². The van der Waals surface area contributed by atoms with Crippen molar-refractivity contribution in [1.29, 1.82) is 0 Å². The van der Waals surface area contributed by atoms with E-state index in [2.05, 4.69) is 49.1 Å². The summed E-state index contributed by atoms with van der Waals surface area (Å²) in [5.41, 5.74) is 3.01. The fraction of sp³-hybridized carbons (Fsp3) is 0.538. The van der Waals surface area contributed by atoms with E-state index in [4.69, 9.17) is 9.72 Å². The zero-order valence-corrected chi connectivity index (χ0v) is 21.6. The van der Waals surface area contributed by atoms with Gasteiger partial charge in [0.05, 0.1) is 10.6 Å². The smallest absolute Gasteiger partial charge is 0.317 e. The average Bonchev–Trinajstić information content (AvgIpc) is 3.34. The third-order valence-corrected chi connectivity index (χ3v) is 7.73. The minimum Gasteiger partial charge on any atom is -0.460 e. The number of nitrogens with zero attached hydrogens (tertiary/aromatic N) is 6. The molecule has 35 heavy (non-hydrogen) atoms. The summed E-state index contributed by atoms with van der Waals surface area (Å²) in [5.74, 6) is 0.816. The number of ether oxygens (including phenoxy) is 1. The fourth-order valence-electron chi connectivity index (χ4n) is 4.78. The van der Waals surface area contributed by atoms with Crippen LogP contribution in [0, 0.1) is 6.92 Å². The predicted molar refractivity (Wildman–Crippen MR) is 140 cm³/mol. The summed E-state index contributed by atoms with van der Waals surface area (Å²) in [6.07, 6.45) is 9.86. The van der Waals surface area contributed by atoms with Crippen molar-refractivity contribution in [3.05, 3.63) is 41.9 Å². The van der Waals surface area contributed by atoms with Crippen molar-refractivity contribution in [2.45, 2.75) is 58.6 Å². The van der Waals surface area contributed by atoms with Crippen LogP contribution in [0.25, 0.3) is 10.6 Å². The van der Waals surface area contributed by atoms with Crippen LogP contribution in [0.1, 0.15) is 50.3 Å². The first-order valence-electron chi connectivity index (χ1n) is 12.8. The van der Waals surface area contributed by atoms with Gasteiger partial charge in [-0.1, -0.05) is 24.7 Å². The SMILES string of the molecule is CCN1CCN(Cc2ccnc(Nc3ncc(-c4cc(C)nc(OC5CCCCC5)n4)s3)c2)CC1. The van der Waals surface area contributed by atoms with Gasteiger partial charge in [0.1, 0.15) is 11.9 Å². The van der Waals surface area contributed by atoms with Gasteiger partial charge in [-0.15, -0.1) is 0 Å². The maximum atomic E-state index is 6.12. The van der Waals surface area contributed by atoms with Crippen LogP contribution >= 0.6 is 11.3 Å². The summed E-state index contributed by atoms with van der Waals surface area (Å²) in [5, 5.41) is 4.18. The van der Waals surface area contributed by atoms with Crippen LogP contribution in [0.3, 0.4) is 0 Å². The lowest BCUT2D eigenvalue weighted by molar-refractivity contribution is 0.132. The lowest BCUT2D eigenvalue weighted by Crippen LogP contribution is -2.45. The van der Waals surface area contributed by atoms with Crippen molar-refractivity contribution >= 4 is 22.3 Å². The number of hydrogen-bond donors (Lipinski definition) is 1. The average molecular weight is 494 g/mol. The van der Waals surface area contributed by atoms with E-state index in [1.807, 2.05) is 25.4 Å². The lowest BCUT2D eigenvalue weighted by Gasteiger charge is -2.34. The van der Waals surface area contributed by atoms with Crippen molar-refractivity contribution in [3.8, 4) is 16.6 Å². The Hall–Kier alpha value is -2.62. The largest absolute Gasteiger partial charge is 0.460 e. The van der Waals surface area contributed by atoms with Crippen molar-refractivity contribution in [3.63, 3.8) is 0 Å². The zero-order valence-electron chi connectivity index (χ0n) is 20.7. The maximum Gasteiger partial charge on any atom is 0.317 e. The Morgan fingerprint density at radius 2 is 1.83 bits per heavy atom. The van der Waals surface area contributed by atoms with Crippen molar-refractivity contribution in [2.75, 3.05) is 38.0 Å². The van der Waals surface area contributed by atoms with Gasteiger partial charge in [0.25, 0.3) is 0 Å². The summed E-state index contributed by atoms with van der Waals surface area (Å²) < 4.78 is 6.12. The van der Waals surface area contributed by atoms with Crippen LogP contribution in [0.4, 0.5) is 10.9 Å². The number of likely N-dealkylation sites (N-methyl/N-ethyl adjacent to an activating group) is 1. The Morgan fingerprint density at radius 1 is 1.03 bits per heavy atom. The molecule has 0 spiro atoms. The van der Waals surface area contributed by atoms with Gasteiger partial charge in [-0.25, -0.2) is 15.0 Å². The molecule has 186 valence electrons. The molecule has 9 heteroatoms. The fourth-order valence-corrected chi connectivity index (χ4v) is 5.56. The van der Waals surface area contributed by atoms with Crippen LogP contribution < -0.4 is 10.1 Å². The quantitative estimate of drug-likeness (QED) is 0.475. The Morgan fingerprint density at radius 3 is 2.63 bits per heavy atom. The standard InChI is InChI=1S/C26H35N7OS/c1-3-32-11-13-33(14-12-32)18-20-9-10-27-24(16-20)31-26-28-17-23(35-26)22-15-19(2)29-25(30-22)34-21-7-5-4-6-8-21/h9-10,15-17,21H,3-8,11-14,18H2,1-2H3,(H,27,28,31). The molecule has 1 aliphatic carbocycles. The molecule has 2 aliphatic rings. The highest BCUT2D eigenvalue weighted by atomic mass is 32.1. The molecule has 2 fully saturated rings. The summed E-state index contributed by atoms with van der Waals surface area (Å²) in [6, 6.07) is 6.69. The second-order valence-corrected chi connectivity index (χ2v) is 10.5. The molecule has 5 rings (SSSR count). The molecule has 1 saturated carbocycles. The lowest BCUT2D eigenvalue weighted by atomic mass is 9.98. The van der Waals surface area contributed by atoms with E-state index in [1.54, 1.807) is 11.3 Å². The highest BCUT2D eigenvalue weighted by molar-refractivity contribution is 7.18. The van der Waals surface area contributed by atoms with Crippen molar-refractivity contribution < 1.29 is 4.74 Å². The van der Waals surface area contributed by atoms with Gasteiger partial charge in [-0.3, -0.25) is 4.90 Å². The maximum absolute atomic E-state index is 6.12. The minimum atomic E-state index is 0.228. The number of rotatable bonds is 8. The monoisotopic (exact) mass is 493 g/mol. The van der Waals surface area contributed by atoms with Crippen molar-refractivity contribution in [2.24, 2.45) is 0 Å².